The van der Waals surface area contributed by atoms with Crippen LogP contribution in [0, 0.1) is 0 Å². The van der Waals surface area contributed by atoms with Gasteiger partial charge in [-0.3, -0.25) is 9.59 Å². The van der Waals surface area contributed by atoms with E-state index in [4.69, 9.17) is 0 Å². The minimum atomic E-state index is -0.177. The van der Waals surface area contributed by atoms with E-state index in [1.54, 1.807) is 67.5 Å². The van der Waals surface area contributed by atoms with Crippen LogP contribution in [-0.2, 0) is 0 Å². The van der Waals surface area contributed by atoms with Crippen LogP contribution in [0.3, 0.4) is 0 Å². The third kappa shape index (κ3) is 3.66. The van der Waals surface area contributed by atoms with Crippen LogP contribution in [0.15, 0.2) is 72.4 Å². The lowest BCUT2D eigenvalue weighted by Gasteiger charge is -2.16. The van der Waals surface area contributed by atoms with Crippen molar-refractivity contribution in [2.45, 2.75) is 0 Å². The van der Waals surface area contributed by atoms with E-state index in [0.717, 1.165) is 0 Å². The quantitative estimate of drug-likeness (QED) is 0.623. The first-order valence-electron chi connectivity index (χ1n) is 6.67. The van der Waals surface area contributed by atoms with Gasteiger partial charge in [0.15, 0.2) is 5.78 Å². The molecule has 2 aromatic carbocycles. The smallest absolute Gasteiger partial charge is 0.209 e. The second-order valence-corrected chi connectivity index (χ2v) is 4.85. The van der Waals surface area contributed by atoms with E-state index in [2.05, 4.69) is 0 Å². The summed E-state index contributed by atoms with van der Waals surface area (Å²) >= 11 is 0. The Morgan fingerprint density at radius 1 is 0.810 bits per heavy atom. The Bertz CT molecular complexity index is 658. The van der Waals surface area contributed by atoms with Crippen LogP contribution in [0.1, 0.15) is 20.7 Å². The average Bonchev–Trinajstić information content (AvgIpc) is 2.53. The topological polar surface area (TPSA) is 37.4 Å². The van der Waals surface area contributed by atoms with Crippen LogP contribution in [0.4, 0.5) is 0 Å². The van der Waals surface area contributed by atoms with Crippen molar-refractivity contribution in [1.82, 2.24) is 4.90 Å². The Kier molecular flexibility index (Phi) is 4.67. The molecule has 0 heterocycles. The summed E-state index contributed by atoms with van der Waals surface area (Å²) < 4.78 is 0. The molecule has 0 aromatic heterocycles. The zero-order valence-electron chi connectivity index (χ0n) is 12.1. The number of carbonyl (C=O) groups is 2. The maximum Gasteiger partial charge on any atom is 0.209 e. The predicted octanol–water partition coefficient (Wildman–Crippen LogP) is 3.20. The molecule has 0 radical (unpaired) electrons. The number of nitrogens with zero attached hydrogens (tertiary/aromatic N) is 1. The first kappa shape index (κ1) is 14.7. The molecule has 0 saturated heterocycles. The summed E-state index contributed by atoms with van der Waals surface area (Å²) in [6.07, 6.45) is 1.39. The Morgan fingerprint density at radius 3 is 1.76 bits per heavy atom. The van der Waals surface area contributed by atoms with Crippen molar-refractivity contribution < 1.29 is 9.59 Å². The molecule has 106 valence electrons. The monoisotopic (exact) mass is 279 g/mol. The highest BCUT2D eigenvalue weighted by Crippen LogP contribution is 2.12. The summed E-state index contributed by atoms with van der Waals surface area (Å²) in [4.78, 5) is 26.4. The van der Waals surface area contributed by atoms with Gasteiger partial charge in [-0.05, 0) is 0 Å². The molecule has 0 saturated carbocycles. The largest absolute Gasteiger partial charge is 0.374 e. The molecule has 3 nitrogen and oxygen atoms in total. The summed E-state index contributed by atoms with van der Waals surface area (Å²) in [7, 11) is 3.51. The van der Waals surface area contributed by atoms with Crippen molar-refractivity contribution in [1.29, 1.82) is 0 Å². The summed E-state index contributed by atoms with van der Waals surface area (Å²) in [5.74, 6) is -0.339. The Morgan fingerprint density at radius 2 is 1.29 bits per heavy atom. The van der Waals surface area contributed by atoms with Gasteiger partial charge in [-0.2, -0.15) is 0 Å². The average molecular weight is 279 g/mol. The van der Waals surface area contributed by atoms with Crippen LogP contribution in [0.25, 0.3) is 0 Å². The highest BCUT2D eigenvalue weighted by atomic mass is 16.1. The molecule has 0 spiro atoms. The van der Waals surface area contributed by atoms with Crippen LogP contribution < -0.4 is 0 Å². The van der Waals surface area contributed by atoms with Crippen LogP contribution in [0.5, 0.6) is 0 Å². The van der Waals surface area contributed by atoms with E-state index < -0.39 is 0 Å². The van der Waals surface area contributed by atoms with Gasteiger partial charge in [0.1, 0.15) is 0 Å². The number of hydrogen-bond acceptors (Lipinski definition) is 3. The summed E-state index contributed by atoms with van der Waals surface area (Å²) in [5, 5.41) is 0. The van der Waals surface area contributed by atoms with E-state index in [9.17, 15) is 9.59 Å². The first-order chi connectivity index (χ1) is 10.1. The van der Waals surface area contributed by atoms with E-state index in [1.807, 2.05) is 12.1 Å². The minimum Gasteiger partial charge on any atom is -0.374 e. The van der Waals surface area contributed by atoms with Crippen LogP contribution in [-0.4, -0.2) is 30.6 Å². The van der Waals surface area contributed by atoms with Gasteiger partial charge in [-0.1, -0.05) is 60.7 Å². The summed E-state index contributed by atoms with van der Waals surface area (Å²) in [6.45, 7) is 0. The van der Waals surface area contributed by atoms with Crippen molar-refractivity contribution >= 4 is 11.6 Å². The second-order valence-electron chi connectivity index (χ2n) is 4.85. The molecule has 2 rings (SSSR count). The molecule has 0 unspecified atom stereocenters. The minimum absolute atomic E-state index is 0.162. The van der Waals surface area contributed by atoms with Crippen molar-refractivity contribution in [3.63, 3.8) is 0 Å². The van der Waals surface area contributed by atoms with Gasteiger partial charge in [-0.15, -0.1) is 0 Å². The van der Waals surface area contributed by atoms with Gasteiger partial charge in [0, 0.05) is 31.3 Å². The van der Waals surface area contributed by atoms with Crippen LogP contribution >= 0.6 is 0 Å². The van der Waals surface area contributed by atoms with E-state index in [0.29, 0.717) is 16.8 Å². The Hall–Kier alpha value is -2.68. The Balaban J connectivity index is 2.33. The molecule has 0 fully saturated rings. The zero-order valence-corrected chi connectivity index (χ0v) is 12.1. The molecule has 0 aliphatic rings. The lowest BCUT2D eigenvalue weighted by molar-refractivity contribution is 0.0985. The molecule has 2 aromatic rings. The number of ketones is 2. The van der Waals surface area contributed by atoms with Crippen molar-refractivity contribution in [2.24, 2.45) is 0 Å². The first-order valence-corrected chi connectivity index (χ1v) is 6.67. The highest BCUT2D eigenvalue weighted by Gasteiger charge is 2.16. The summed E-state index contributed by atoms with van der Waals surface area (Å²) in [5.41, 5.74) is 1.51. The molecule has 0 N–H and O–H groups in total. The fraction of sp³-hybridized carbons (Fsp3) is 0.111. The number of allylic oxidation sites excluding steroid dienone is 2. The van der Waals surface area contributed by atoms with Crippen molar-refractivity contribution in [2.75, 3.05) is 14.1 Å². The van der Waals surface area contributed by atoms with Gasteiger partial charge in [0.05, 0.1) is 5.70 Å². The third-order valence-electron chi connectivity index (χ3n) is 3.08. The van der Waals surface area contributed by atoms with Crippen LogP contribution in [0.2, 0.25) is 0 Å². The molecule has 0 amide bonds. The van der Waals surface area contributed by atoms with E-state index in [1.165, 1.54) is 6.08 Å². The lowest BCUT2D eigenvalue weighted by atomic mass is 10.0. The molecular formula is C18H17NO2. The van der Waals surface area contributed by atoms with E-state index >= 15 is 0 Å². The van der Waals surface area contributed by atoms with Crippen molar-refractivity contribution in [3.8, 4) is 0 Å². The fourth-order valence-corrected chi connectivity index (χ4v) is 1.95. The maximum atomic E-state index is 12.5. The number of rotatable bonds is 5. The second kappa shape index (κ2) is 6.66. The van der Waals surface area contributed by atoms with Gasteiger partial charge in [-0.25, -0.2) is 0 Å². The zero-order chi connectivity index (χ0) is 15.2. The standard InChI is InChI=1S/C18H17NO2/c1-19(2)16(18(21)15-11-7-4-8-12-15)13-17(20)14-9-5-3-6-10-14/h3-13H,1-2H3/b16-13+. The molecule has 0 aliphatic carbocycles. The van der Waals surface area contributed by atoms with Gasteiger partial charge >= 0.3 is 0 Å². The molecule has 0 atom stereocenters. The number of hydrogen-bond donors (Lipinski definition) is 0. The van der Waals surface area contributed by atoms with Gasteiger partial charge < -0.3 is 4.90 Å². The molecule has 3 heteroatoms. The van der Waals surface area contributed by atoms with Gasteiger partial charge in [0.25, 0.3) is 0 Å². The highest BCUT2D eigenvalue weighted by molar-refractivity contribution is 6.14. The molecular weight excluding hydrogens is 262 g/mol. The number of benzene rings is 2. The normalized spacial score (nSPS) is 11.0. The van der Waals surface area contributed by atoms with E-state index in [-0.39, 0.29) is 11.6 Å². The Labute approximate surface area is 124 Å². The predicted molar refractivity (Wildman–Crippen MR) is 83.3 cm³/mol. The summed E-state index contributed by atoms with van der Waals surface area (Å²) in [6, 6.07) is 17.9. The SMILES string of the molecule is CN(C)/C(=C/C(=O)c1ccccc1)C(=O)c1ccccc1. The molecule has 21 heavy (non-hydrogen) atoms. The molecule has 0 bridgehead atoms. The molecule has 0 aliphatic heterocycles. The number of Topliss-reactive ketones (excluding diaryl/α,β-unsaturated/α-hetero) is 1. The maximum absolute atomic E-state index is 12.5. The lowest BCUT2D eigenvalue weighted by Crippen LogP contribution is -2.21. The third-order valence-corrected chi connectivity index (χ3v) is 3.08. The van der Waals surface area contributed by atoms with Gasteiger partial charge in [0.2, 0.25) is 5.78 Å². The number of carbonyl (C=O) groups excluding carboxylic acids is 2. The number of likely N-dealkylation sites (N-methyl/N-ethyl adjacent to an activating group) is 1. The fourth-order valence-electron chi connectivity index (χ4n) is 1.95. The van der Waals surface area contributed by atoms with Crippen molar-refractivity contribution in [3.05, 3.63) is 83.6 Å².